The van der Waals surface area contributed by atoms with Gasteiger partial charge < -0.3 is 9.51 Å². The molecule has 0 spiro atoms. The van der Waals surface area contributed by atoms with E-state index in [1.807, 2.05) is 35.0 Å². The van der Waals surface area contributed by atoms with Crippen LogP contribution in [0.3, 0.4) is 0 Å². The van der Waals surface area contributed by atoms with Gasteiger partial charge in [-0.15, -0.1) is 0 Å². The van der Waals surface area contributed by atoms with Crippen molar-refractivity contribution in [2.24, 2.45) is 5.92 Å². The molecule has 1 saturated heterocycles. The molecule has 1 fully saturated rings. The van der Waals surface area contributed by atoms with Crippen molar-refractivity contribution in [1.29, 1.82) is 5.26 Å². The molecule has 108 valence electrons. The minimum Gasteiger partial charge on any atom is -0.481 e. The SMILES string of the molecule is N#Cc1c(CN2CCC(C(=O)O)CC2)cn2ccccc12. The number of hydrogen-bond acceptors (Lipinski definition) is 3. The highest BCUT2D eigenvalue weighted by molar-refractivity contribution is 5.70. The van der Waals surface area contributed by atoms with Gasteiger partial charge in [-0.05, 0) is 38.1 Å². The van der Waals surface area contributed by atoms with Crippen molar-refractivity contribution in [2.75, 3.05) is 13.1 Å². The first-order valence-electron chi connectivity index (χ1n) is 7.13. The number of rotatable bonds is 3. The summed E-state index contributed by atoms with van der Waals surface area (Å²) in [5.41, 5.74) is 2.66. The summed E-state index contributed by atoms with van der Waals surface area (Å²) in [6.07, 6.45) is 5.31. The second kappa shape index (κ2) is 5.58. The maximum atomic E-state index is 11.0. The lowest BCUT2D eigenvalue weighted by Gasteiger charge is -2.29. The van der Waals surface area contributed by atoms with Crippen LogP contribution in [0.5, 0.6) is 0 Å². The van der Waals surface area contributed by atoms with Crippen LogP contribution < -0.4 is 0 Å². The van der Waals surface area contributed by atoms with Gasteiger partial charge in [-0.1, -0.05) is 6.07 Å². The Hall–Kier alpha value is -2.32. The maximum Gasteiger partial charge on any atom is 0.306 e. The van der Waals surface area contributed by atoms with Crippen LogP contribution in [-0.2, 0) is 11.3 Å². The molecule has 0 unspecified atom stereocenters. The van der Waals surface area contributed by atoms with Gasteiger partial charge in [0.05, 0.1) is 17.0 Å². The Morgan fingerprint density at radius 3 is 2.81 bits per heavy atom. The predicted molar refractivity (Wildman–Crippen MR) is 77.7 cm³/mol. The van der Waals surface area contributed by atoms with Crippen LogP contribution in [0.4, 0.5) is 0 Å². The Kier molecular flexibility index (Phi) is 3.63. The third-order valence-corrected chi connectivity index (χ3v) is 4.20. The van der Waals surface area contributed by atoms with Crippen LogP contribution in [0.1, 0.15) is 24.0 Å². The normalized spacial score (nSPS) is 16.9. The number of aliphatic carboxylic acids is 1. The summed E-state index contributed by atoms with van der Waals surface area (Å²) in [6, 6.07) is 8.11. The number of nitrogens with zero attached hydrogens (tertiary/aromatic N) is 3. The van der Waals surface area contributed by atoms with E-state index in [-0.39, 0.29) is 5.92 Å². The van der Waals surface area contributed by atoms with Crippen molar-refractivity contribution >= 4 is 11.5 Å². The molecule has 1 N–H and O–H groups in total. The smallest absolute Gasteiger partial charge is 0.306 e. The predicted octanol–water partition coefficient (Wildman–Crippen LogP) is 2.11. The molecule has 0 aliphatic carbocycles. The summed E-state index contributed by atoms with van der Waals surface area (Å²) in [7, 11) is 0. The Labute approximate surface area is 123 Å². The van der Waals surface area contributed by atoms with Crippen molar-refractivity contribution in [1.82, 2.24) is 9.30 Å². The topological polar surface area (TPSA) is 68.7 Å². The van der Waals surface area contributed by atoms with Crippen LogP contribution >= 0.6 is 0 Å². The van der Waals surface area contributed by atoms with E-state index < -0.39 is 5.97 Å². The molecule has 21 heavy (non-hydrogen) atoms. The Balaban J connectivity index is 1.77. The van der Waals surface area contributed by atoms with Crippen molar-refractivity contribution in [2.45, 2.75) is 19.4 Å². The summed E-state index contributed by atoms with van der Waals surface area (Å²) in [6.45, 7) is 2.25. The summed E-state index contributed by atoms with van der Waals surface area (Å²) < 4.78 is 1.97. The number of hydrogen-bond donors (Lipinski definition) is 1. The molecule has 5 nitrogen and oxygen atoms in total. The molecule has 0 amide bonds. The molecule has 1 aliphatic rings. The molecule has 0 bridgehead atoms. The number of nitriles is 1. The molecule has 3 heterocycles. The zero-order valence-electron chi connectivity index (χ0n) is 11.7. The van der Waals surface area contributed by atoms with Crippen LogP contribution in [0, 0.1) is 17.2 Å². The van der Waals surface area contributed by atoms with Gasteiger partial charge >= 0.3 is 5.97 Å². The van der Waals surface area contributed by atoms with E-state index in [2.05, 4.69) is 11.0 Å². The van der Waals surface area contributed by atoms with Gasteiger partial charge in [-0.25, -0.2) is 0 Å². The van der Waals surface area contributed by atoms with Crippen molar-refractivity contribution in [3.05, 3.63) is 41.7 Å². The van der Waals surface area contributed by atoms with Crippen LogP contribution in [-0.4, -0.2) is 33.5 Å². The van der Waals surface area contributed by atoms with E-state index in [9.17, 15) is 10.1 Å². The number of fused-ring (bicyclic) bond motifs is 1. The van der Waals surface area contributed by atoms with E-state index in [1.54, 1.807) is 0 Å². The molecule has 2 aromatic heterocycles. The number of carboxylic acids is 1. The fourth-order valence-electron chi connectivity index (χ4n) is 3.01. The molecule has 0 aromatic carbocycles. The molecule has 1 aliphatic heterocycles. The van der Waals surface area contributed by atoms with E-state index in [0.717, 1.165) is 29.7 Å². The van der Waals surface area contributed by atoms with Gasteiger partial charge in [0.2, 0.25) is 0 Å². The van der Waals surface area contributed by atoms with Gasteiger partial charge in [0.15, 0.2) is 0 Å². The van der Waals surface area contributed by atoms with Crippen molar-refractivity contribution < 1.29 is 9.90 Å². The fraction of sp³-hybridized carbons (Fsp3) is 0.375. The zero-order chi connectivity index (χ0) is 14.8. The van der Waals surface area contributed by atoms with Gasteiger partial charge in [-0.3, -0.25) is 9.69 Å². The minimum atomic E-state index is -0.693. The highest BCUT2D eigenvalue weighted by Crippen LogP contribution is 2.23. The lowest BCUT2D eigenvalue weighted by atomic mass is 9.97. The number of piperidine rings is 1. The van der Waals surface area contributed by atoms with E-state index in [1.165, 1.54) is 0 Å². The molecule has 0 atom stereocenters. The number of aromatic nitrogens is 1. The van der Waals surface area contributed by atoms with Gasteiger partial charge in [-0.2, -0.15) is 5.26 Å². The second-order valence-corrected chi connectivity index (χ2v) is 5.52. The quantitative estimate of drug-likeness (QED) is 0.936. The fourth-order valence-corrected chi connectivity index (χ4v) is 3.01. The van der Waals surface area contributed by atoms with Crippen LogP contribution in [0.2, 0.25) is 0 Å². The first kappa shape index (κ1) is 13.7. The van der Waals surface area contributed by atoms with Crippen molar-refractivity contribution in [3.8, 4) is 6.07 Å². The monoisotopic (exact) mass is 283 g/mol. The minimum absolute atomic E-state index is 0.218. The molecule has 5 heteroatoms. The first-order valence-corrected chi connectivity index (χ1v) is 7.13. The average molecular weight is 283 g/mol. The Morgan fingerprint density at radius 1 is 1.38 bits per heavy atom. The molecule has 3 rings (SSSR count). The zero-order valence-corrected chi connectivity index (χ0v) is 11.7. The molecule has 2 aromatic rings. The maximum absolute atomic E-state index is 11.0. The van der Waals surface area contributed by atoms with Crippen LogP contribution in [0.15, 0.2) is 30.6 Å². The number of carboxylic acid groups (broad SMARTS) is 1. The number of carbonyl (C=O) groups is 1. The molecule has 0 radical (unpaired) electrons. The van der Waals surface area contributed by atoms with Gasteiger partial charge in [0.25, 0.3) is 0 Å². The molecule has 0 saturated carbocycles. The summed E-state index contributed by atoms with van der Waals surface area (Å²) in [5.74, 6) is -0.910. The highest BCUT2D eigenvalue weighted by Gasteiger charge is 2.25. The Morgan fingerprint density at radius 2 is 2.14 bits per heavy atom. The third kappa shape index (κ3) is 2.63. The highest BCUT2D eigenvalue weighted by atomic mass is 16.4. The summed E-state index contributed by atoms with van der Waals surface area (Å²) >= 11 is 0. The lowest BCUT2D eigenvalue weighted by molar-refractivity contribution is -0.143. The third-order valence-electron chi connectivity index (χ3n) is 4.20. The lowest BCUT2D eigenvalue weighted by Crippen LogP contribution is -2.35. The average Bonchev–Trinajstić information content (AvgIpc) is 2.84. The van der Waals surface area contributed by atoms with E-state index >= 15 is 0 Å². The van der Waals surface area contributed by atoms with Gasteiger partial charge in [0, 0.05) is 24.5 Å². The molecular formula is C16H17N3O2. The summed E-state index contributed by atoms with van der Waals surface area (Å²) in [5, 5.41) is 18.4. The first-order chi connectivity index (χ1) is 10.2. The number of pyridine rings is 1. The largest absolute Gasteiger partial charge is 0.481 e. The van der Waals surface area contributed by atoms with Crippen LogP contribution in [0.25, 0.3) is 5.52 Å². The van der Waals surface area contributed by atoms with Crippen molar-refractivity contribution in [3.63, 3.8) is 0 Å². The summed E-state index contributed by atoms with van der Waals surface area (Å²) in [4.78, 5) is 13.2. The molecular weight excluding hydrogens is 266 g/mol. The van der Waals surface area contributed by atoms with E-state index in [4.69, 9.17) is 5.11 Å². The van der Waals surface area contributed by atoms with E-state index in [0.29, 0.717) is 19.4 Å². The Bertz CT molecular complexity index is 706. The standard InChI is InChI=1S/C16H17N3O2/c17-9-14-13(11-19-6-2-1-3-15(14)19)10-18-7-4-12(5-8-18)16(20)21/h1-3,6,11-12H,4-5,7-8,10H2,(H,20,21). The van der Waals surface area contributed by atoms with Gasteiger partial charge in [0.1, 0.15) is 6.07 Å². The number of likely N-dealkylation sites (tertiary alicyclic amines) is 1. The second-order valence-electron chi connectivity index (χ2n) is 5.52.